The lowest BCUT2D eigenvalue weighted by Crippen LogP contribution is -2.42. The second-order valence-electron chi connectivity index (χ2n) is 5.30. The molecule has 0 unspecified atom stereocenters. The number of hydrogen-bond donors (Lipinski definition) is 3. The number of benzene rings is 1. The number of rotatable bonds is 7. The predicted molar refractivity (Wildman–Crippen MR) is 85.1 cm³/mol. The molecular formula is C16H21N3O4. The van der Waals surface area contributed by atoms with E-state index in [1.165, 1.54) is 0 Å². The Morgan fingerprint density at radius 1 is 1.30 bits per heavy atom. The molecule has 1 aliphatic heterocycles. The van der Waals surface area contributed by atoms with Crippen molar-refractivity contribution in [1.29, 1.82) is 0 Å². The molecule has 23 heavy (non-hydrogen) atoms. The van der Waals surface area contributed by atoms with Gasteiger partial charge in [-0.1, -0.05) is 12.1 Å². The fourth-order valence-electron chi connectivity index (χ4n) is 2.32. The van der Waals surface area contributed by atoms with Crippen molar-refractivity contribution in [1.82, 2.24) is 10.6 Å². The highest BCUT2D eigenvalue weighted by molar-refractivity contribution is 6.09. The van der Waals surface area contributed by atoms with Crippen molar-refractivity contribution < 1.29 is 19.1 Å². The average molecular weight is 319 g/mol. The number of anilines is 1. The van der Waals surface area contributed by atoms with Crippen LogP contribution in [0, 0.1) is 0 Å². The third kappa shape index (κ3) is 4.79. The maximum absolute atomic E-state index is 12.2. The summed E-state index contributed by atoms with van der Waals surface area (Å²) in [4.78, 5) is 36.0. The van der Waals surface area contributed by atoms with Gasteiger partial charge in [-0.15, -0.1) is 0 Å². The third-order valence-corrected chi connectivity index (χ3v) is 3.56. The molecule has 1 aromatic carbocycles. The van der Waals surface area contributed by atoms with Crippen molar-refractivity contribution in [2.45, 2.75) is 25.3 Å². The zero-order valence-corrected chi connectivity index (χ0v) is 13.1. The van der Waals surface area contributed by atoms with Crippen molar-refractivity contribution in [2.24, 2.45) is 0 Å². The van der Waals surface area contributed by atoms with Crippen LogP contribution in [-0.4, -0.2) is 44.0 Å². The number of fused-ring (bicyclic) bond motifs is 1. The van der Waals surface area contributed by atoms with E-state index < -0.39 is 6.04 Å². The summed E-state index contributed by atoms with van der Waals surface area (Å²) in [5.74, 6) is -0.773. The Morgan fingerprint density at radius 2 is 2.09 bits per heavy atom. The predicted octanol–water partition coefficient (Wildman–Crippen LogP) is 0.670. The van der Waals surface area contributed by atoms with Crippen molar-refractivity contribution >= 4 is 23.4 Å². The Morgan fingerprint density at radius 3 is 2.87 bits per heavy atom. The first-order valence-corrected chi connectivity index (χ1v) is 7.58. The first kappa shape index (κ1) is 17.0. The molecule has 2 rings (SSSR count). The lowest BCUT2D eigenvalue weighted by atomic mass is 10.1. The Labute approximate surface area is 134 Å². The number of carbonyl (C=O) groups is 3. The fraction of sp³-hybridized carbons (Fsp3) is 0.438. The third-order valence-electron chi connectivity index (χ3n) is 3.56. The molecule has 3 N–H and O–H groups in total. The highest BCUT2D eigenvalue weighted by atomic mass is 16.5. The van der Waals surface area contributed by atoms with E-state index in [0.717, 1.165) is 6.42 Å². The van der Waals surface area contributed by atoms with Crippen LogP contribution < -0.4 is 16.0 Å². The van der Waals surface area contributed by atoms with E-state index >= 15 is 0 Å². The SMILES string of the molecule is COCCCNC(=O)CC[C@H]1NC(=O)c2ccccc2NC1=O. The minimum atomic E-state index is -0.723. The van der Waals surface area contributed by atoms with Crippen LogP contribution in [0.2, 0.25) is 0 Å². The average Bonchev–Trinajstić information content (AvgIpc) is 2.66. The number of para-hydroxylation sites is 1. The second kappa shape index (κ2) is 8.28. The monoisotopic (exact) mass is 319 g/mol. The van der Waals surface area contributed by atoms with Gasteiger partial charge >= 0.3 is 0 Å². The molecule has 1 aromatic rings. The van der Waals surface area contributed by atoms with Crippen LogP contribution in [-0.2, 0) is 14.3 Å². The maximum atomic E-state index is 12.2. The summed E-state index contributed by atoms with van der Waals surface area (Å²) < 4.78 is 4.90. The lowest BCUT2D eigenvalue weighted by Gasteiger charge is -2.14. The molecule has 124 valence electrons. The molecule has 0 radical (unpaired) electrons. The molecule has 1 atom stereocenters. The normalized spacial score (nSPS) is 16.8. The molecule has 1 aliphatic rings. The van der Waals surface area contributed by atoms with Crippen molar-refractivity contribution in [3.05, 3.63) is 29.8 Å². The van der Waals surface area contributed by atoms with E-state index in [1.54, 1.807) is 31.4 Å². The summed E-state index contributed by atoms with van der Waals surface area (Å²) in [6, 6.07) is 6.09. The first-order valence-electron chi connectivity index (χ1n) is 7.58. The van der Waals surface area contributed by atoms with Gasteiger partial charge in [0.2, 0.25) is 11.8 Å². The second-order valence-corrected chi connectivity index (χ2v) is 5.30. The number of hydrogen-bond acceptors (Lipinski definition) is 4. The summed E-state index contributed by atoms with van der Waals surface area (Å²) in [6.45, 7) is 1.11. The summed E-state index contributed by atoms with van der Waals surface area (Å²) in [5, 5.41) is 8.13. The summed E-state index contributed by atoms with van der Waals surface area (Å²) in [5.41, 5.74) is 0.911. The van der Waals surface area contributed by atoms with Crippen molar-refractivity contribution in [2.75, 3.05) is 25.6 Å². The molecule has 7 nitrogen and oxygen atoms in total. The minimum absolute atomic E-state index is 0.148. The highest BCUT2D eigenvalue weighted by Crippen LogP contribution is 2.19. The Kier molecular flexibility index (Phi) is 6.10. The van der Waals surface area contributed by atoms with Gasteiger partial charge in [0.25, 0.3) is 5.91 Å². The summed E-state index contributed by atoms with van der Waals surface area (Å²) >= 11 is 0. The fourth-order valence-corrected chi connectivity index (χ4v) is 2.32. The highest BCUT2D eigenvalue weighted by Gasteiger charge is 2.27. The van der Waals surface area contributed by atoms with Gasteiger partial charge in [-0.25, -0.2) is 0 Å². The first-order chi connectivity index (χ1) is 11.1. The van der Waals surface area contributed by atoms with E-state index in [1.807, 2.05) is 0 Å². The van der Waals surface area contributed by atoms with E-state index in [9.17, 15) is 14.4 Å². The van der Waals surface area contributed by atoms with Gasteiger partial charge in [0.15, 0.2) is 0 Å². The van der Waals surface area contributed by atoms with Gasteiger partial charge in [-0.05, 0) is 25.0 Å². The van der Waals surface area contributed by atoms with Gasteiger partial charge in [0, 0.05) is 26.7 Å². The molecule has 3 amide bonds. The van der Waals surface area contributed by atoms with Crippen LogP contribution in [0.1, 0.15) is 29.6 Å². The number of carbonyl (C=O) groups excluding carboxylic acids is 3. The van der Waals surface area contributed by atoms with Gasteiger partial charge < -0.3 is 20.7 Å². The molecular weight excluding hydrogens is 298 g/mol. The van der Waals surface area contributed by atoms with Crippen LogP contribution in [0.4, 0.5) is 5.69 Å². The van der Waals surface area contributed by atoms with E-state index in [0.29, 0.717) is 24.4 Å². The van der Waals surface area contributed by atoms with Crippen LogP contribution in [0.15, 0.2) is 24.3 Å². The molecule has 0 spiro atoms. The molecule has 0 bridgehead atoms. The van der Waals surface area contributed by atoms with Crippen molar-refractivity contribution in [3.8, 4) is 0 Å². The number of nitrogens with one attached hydrogen (secondary N) is 3. The van der Waals surface area contributed by atoms with Gasteiger partial charge in [-0.2, -0.15) is 0 Å². The quantitative estimate of drug-likeness (QED) is 0.644. The Bertz CT molecular complexity index is 588. The van der Waals surface area contributed by atoms with E-state index in [-0.39, 0.29) is 30.6 Å². The summed E-state index contributed by atoms with van der Waals surface area (Å²) in [6.07, 6.45) is 1.15. The van der Waals surface area contributed by atoms with E-state index in [2.05, 4.69) is 16.0 Å². The van der Waals surface area contributed by atoms with Gasteiger partial charge in [0.05, 0.1) is 11.3 Å². The number of methoxy groups -OCH3 is 1. The molecule has 0 fully saturated rings. The molecule has 1 heterocycles. The van der Waals surface area contributed by atoms with Gasteiger partial charge in [-0.3, -0.25) is 14.4 Å². The summed E-state index contributed by atoms with van der Waals surface area (Å²) in [7, 11) is 1.60. The maximum Gasteiger partial charge on any atom is 0.254 e. The molecule has 0 aromatic heterocycles. The van der Waals surface area contributed by atoms with Crippen LogP contribution >= 0.6 is 0 Å². The Balaban J connectivity index is 1.86. The van der Waals surface area contributed by atoms with Crippen LogP contribution in [0.3, 0.4) is 0 Å². The van der Waals surface area contributed by atoms with Crippen molar-refractivity contribution in [3.63, 3.8) is 0 Å². The van der Waals surface area contributed by atoms with Crippen LogP contribution in [0.25, 0.3) is 0 Å². The smallest absolute Gasteiger partial charge is 0.254 e. The zero-order chi connectivity index (χ0) is 16.7. The molecule has 0 saturated heterocycles. The Hall–Kier alpha value is -2.41. The zero-order valence-electron chi connectivity index (χ0n) is 13.1. The number of ether oxygens (including phenoxy) is 1. The lowest BCUT2D eigenvalue weighted by molar-refractivity contribution is -0.121. The minimum Gasteiger partial charge on any atom is -0.385 e. The molecule has 0 saturated carbocycles. The van der Waals surface area contributed by atoms with E-state index in [4.69, 9.17) is 4.74 Å². The standard InChI is InChI=1S/C16H21N3O4/c1-23-10-4-9-17-14(20)8-7-13-16(22)18-12-6-3-2-5-11(12)15(21)19-13/h2-3,5-6,13H,4,7-10H2,1H3,(H,17,20)(H,18,22)(H,19,21)/t13-/m1/s1. The molecule has 0 aliphatic carbocycles. The van der Waals surface area contributed by atoms with Crippen LogP contribution in [0.5, 0.6) is 0 Å². The largest absolute Gasteiger partial charge is 0.385 e. The topological polar surface area (TPSA) is 96.5 Å². The number of amides is 3. The molecule has 7 heteroatoms. The van der Waals surface area contributed by atoms with Gasteiger partial charge in [0.1, 0.15) is 6.04 Å².